The van der Waals surface area contributed by atoms with Crippen LogP contribution in [0, 0.1) is 0 Å². The van der Waals surface area contributed by atoms with Crippen LogP contribution in [0.3, 0.4) is 0 Å². The van der Waals surface area contributed by atoms with Gasteiger partial charge in [0, 0.05) is 0 Å². The molecule has 0 aliphatic rings. The van der Waals surface area contributed by atoms with Gasteiger partial charge in [0.05, 0.1) is 7.11 Å². The molecule has 0 fully saturated rings. The molecule has 4 nitrogen and oxygen atoms in total. The summed E-state index contributed by atoms with van der Waals surface area (Å²) in [6.45, 7) is 0. The molecule has 0 aromatic heterocycles. The van der Waals surface area contributed by atoms with Crippen molar-refractivity contribution in [3.8, 4) is 0 Å². The summed E-state index contributed by atoms with van der Waals surface area (Å²) in [4.78, 5) is 9.89. The number of rotatable bonds is 0. The maximum absolute atomic E-state index is 9.89. The average Bonchev–Trinajstić information content (AvgIpc) is 1.65. The van der Waals surface area contributed by atoms with Gasteiger partial charge in [-0.2, -0.15) is 0 Å². The molecule has 0 unspecified atom stereocenters. The third-order valence-corrected chi connectivity index (χ3v) is 0.501. The normalized spacial score (nSPS) is 7.86. The fourth-order valence-corrected chi connectivity index (χ4v) is 0.163. The number of amides is 1. The topological polar surface area (TPSA) is 49.8 Å². The molecule has 42 valence electrons. The second-order valence-electron chi connectivity index (χ2n) is 0.759. The zero-order valence-corrected chi connectivity index (χ0v) is 4.55. The Hall–Kier alpha value is -0.420. The van der Waals surface area contributed by atoms with Crippen LogP contribution in [0.2, 0.25) is 0 Å². The van der Waals surface area contributed by atoms with E-state index in [1.165, 1.54) is 0 Å². The highest BCUT2D eigenvalue weighted by Gasteiger charge is 2.01. The van der Waals surface area contributed by atoms with Crippen molar-refractivity contribution in [2.75, 3.05) is 7.11 Å². The zero-order chi connectivity index (χ0) is 5.86. The van der Waals surface area contributed by atoms with Crippen LogP contribution < -0.4 is 0 Å². The Morgan fingerprint density at radius 2 is 2.43 bits per heavy atom. The molecular weight excluding hydrogens is 118 g/mol. The van der Waals surface area contributed by atoms with Crippen LogP contribution in [0.25, 0.3) is 0 Å². The summed E-state index contributed by atoms with van der Waals surface area (Å²) in [6.07, 6.45) is -0.900. The van der Waals surface area contributed by atoms with Crippen LogP contribution in [0.1, 0.15) is 0 Å². The first kappa shape index (κ1) is 6.58. The second-order valence-corrected chi connectivity index (χ2v) is 1.14. The number of ether oxygens (including phenoxy) is 1. The Morgan fingerprint density at radius 3 is 2.43 bits per heavy atom. The minimum absolute atomic E-state index is 0.0556. The van der Waals surface area contributed by atoms with Gasteiger partial charge in [-0.25, -0.2) is 4.79 Å². The molecule has 0 bridgehead atoms. The molecule has 5 heteroatoms. The van der Waals surface area contributed by atoms with Crippen LogP contribution in [0.4, 0.5) is 4.79 Å². The predicted octanol–water partition coefficient (Wildman–Crippen LogP) is 0.289. The lowest BCUT2D eigenvalue weighted by molar-refractivity contribution is 0.0175. The molecule has 0 aromatic rings. The molecule has 1 amide bonds. The monoisotopic (exact) mass is 123 g/mol. The zero-order valence-electron chi connectivity index (χ0n) is 3.66. The smallest absolute Gasteiger partial charge is 0.444 e. The van der Waals surface area contributed by atoms with E-state index < -0.39 is 6.09 Å². The lowest BCUT2D eigenvalue weighted by Crippen LogP contribution is -2.16. The number of hydrogen-bond acceptors (Lipinski definition) is 4. The minimum atomic E-state index is -0.900. The highest BCUT2D eigenvalue weighted by molar-refractivity contribution is 7.78. The van der Waals surface area contributed by atoms with Crippen molar-refractivity contribution in [1.82, 2.24) is 4.47 Å². The van der Waals surface area contributed by atoms with Crippen molar-refractivity contribution >= 4 is 18.9 Å². The third-order valence-electron chi connectivity index (χ3n) is 0.338. The van der Waals surface area contributed by atoms with E-state index in [0.717, 1.165) is 7.11 Å². The van der Waals surface area contributed by atoms with E-state index in [-0.39, 0.29) is 4.47 Å². The van der Waals surface area contributed by atoms with Gasteiger partial charge in [-0.05, 0) is 12.8 Å². The third kappa shape index (κ3) is 2.30. The van der Waals surface area contributed by atoms with Gasteiger partial charge in [0.2, 0.25) is 0 Å². The van der Waals surface area contributed by atoms with Crippen molar-refractivity contribution < 1.29 is 14.7 Å². The van der Waals surface area contributed by atoms with Crippen molar-refractivity contribution in [1.29, 1.82) is 0 Å². The van der Waals surface area contributed by atoms with E-state index in [4.69, 9.17) is 5.21 Å². The van der Waals surface area contributed by atoms with Crippen molar-refractivity contribution in [2.24, 2.45) is 0 Å². The maximum atomic E-state index is 9.89. The highest BCUT2D eigenvalue weighted by atomic mass is 32.1. The standard InChI is InChI=1S/C2H5NO3S/c1-6-2(4)3(5)7/h5,7H,1H3. The molecule has 0 saturated carbocycles. The van der Waals surface area contributed by atoms with Gasteiger partial charge in [-0.1, -0.05) is 0 Å². The van der Waals surface area contributed by atoms with E-state index >= 15 is 0 Å². The van der Waals surface area contributed by atoms with Gasteiger partial charge >= 0.3 is 6.09 Å². The molecule has 7 heavy (non-hydrogen) atoms. The number of carbonyl (C=O) groups excluding carboxylic acids is 1. The Bertz CT molecular complexity index is 73.3. The number of thiol groups is 1. The molecule has 0 radical (unpaired) electrons. The van der Waals surface area contributed by atoms with Crippen LogP contribution in [-0.2, 0) is 4.74 Å². The molecule has 1 N–H and O–H groups in total. The SMILES string of the molecule is COC(=O)N(O)S. The maximum Gasteiger partial charge on any atom is 0.444 e. The predicted molar refractivity (Wildman–Crippen MR) is 25.0 cm³/mol. The molecule has 0 saturated heterocycles. The van der Waals surface area contributed by atoms with Crippen LogP contribution in [0.5, 0.6) is 0 Å². The Kier molecular flexibility index (Phi) is 2.54. The van der Waals surface area contributed by atoms with E-state index in [1.807, 2.05) is 0 Å². The molecular formula is C2H5NO3S. The van der Waals surface area contributed by atoms with Crippen molar-refractivity contribution in [2.45, 2.75) is 0 Å². The summed E-state index contributed by atoms with van der Waals surface area (Å²) in [5.74, 6) is 0. The van der Waals surface area contributed by atoms with Gasteiger partial charge in [-0.15, -0.1) is 4.47 Å². The summed E-state index contributed by atoms with van der Waals surface area (Å²) in [6, 6.07) is 0. The summed E-state index contributed by atoms with van der Waals surface area (Å²) >= 11 is 3.19. The number of hydrogen-bond donors (Lipinski definition) is 2. The van der Waals surface area contributed by atoms with Gasteiger partial charge in [0.25, 0.3) is 0 Å². The van der Waals surface area contributed by atoms with Crippen LogP contribution in [0.15, 0.2) is 0 Å². The first-order chi connectivity index (χ1) is 3.18. The number of nitrogens with zero attached hydrogens (tertiary/aromatic N) is 1. The molecule has 0 heterocycles. The lowest BCUT2D eigenvalue weighted by Gasteiger charge is -2.01. The van der Waals surface area contributed by atoms with E-state index in [9.17, 15) is 4.79 Å². The quantitative estimate of drug-likeness (QED) is 0.276. The first-order valence-corrected chi connectivity index (χ1v) is 1.84. The molecule has 0 spiro atoms. The molecule has 0 aliphatic heterocycles. The lowest BCUT2D eigenvalue weighted by atomic mass is 11.2. The average molecular weight is 123 g/mol. The van der Waals surface area contributed by atoms with Crippen molar-refractivity contribution in [3.05, 3.63) is 0 Å². The fraction of sp³-hybridized carbons (Fsp3) is 0.500. The van der Waals surface area contributed by atoms with Crippen molar-refractivity contribution in [3.63, 3.8) is 0 Å². The van der Waals surface area contributed by atoms with E-state index in [1.54, 1.807) is 0 Å². The Morgan fingerprint density at radius 1 is 2.00 bits per heavy atom. The number of hydroxylamine groups is 1. The number of carbonyl (C=O) groups is 1. The largest absolute Gasteiger partial charge is 0.451 e. The Labute approximate surface area is 46.2 Å². The Balaban J connectivity index is 3.35. The summed E-state index contributed by atoms with van der Waals surface area (Å²) in [5.41, 5.74) is 0. The highest BCUT2D eigenvalue weighted by Crippen LogP contribution is 1.87. The number of methoxy groups -OCH3 is 1. The van der Waals surface area contributed by atoms with Crippen LogP contribution >= 0.6 is 12.8 Å². The fourth-order valence-electron chi connectivity index (χ4n) is 0.0816. The van der Waals surface area contributed by atoms with Gasteiger partial charge < -0.3 is 4.74 Å². The van der Waals surface area contributed by atoms with Crippen LogP contribution in [-0.4, -0.2) is 22.9 Å². The summed E-state index contributed by atoms with van der Waals surface area (Å²) < 4.78 is 4.03. The second kappa shape index (κ2) is 2.70. The van der Waals surface area contributed by atoms with Gasteiger partial charge in [0.15, 0.2) is 0 Å². The van der Waals surface area contributed by atoms with Gasteiger partial charge in [0.1, 0.15) is 0 Å². The summed E-state index contributed by atoms with van der Waals surface area (Å²) in [5, 5.41) is 8.04. The molecule has 0 rings (SSSR count). The van der Waals surface area contributed by atoms with Gasteiger partial charge in [-0.3, -0.25) is 5.21 Å². The molecule has 0 atom stereocenters. The molecule has 0 aliphatic carbocycles. The summed E-state index contributed by atoms with van der Waals surface area (Å²) in [7, 11) is 1.14. The first-order valence-electron chi connectivity index (χ1n) is 1.44. The van der Waals surface area contributed by atoms with E-state index in [2.05, 4.69) is 17.6 Å². The minimum Gasteiger partial charge on any atom is -0.451 e. The van der Waals surface area contributed by atoms with E-state index in [0.29, 0.717) is 0 Å². The molecule has 0 aromatic carbocycles.